The quantitative estimate of drug-likeness (QED) is 0.773. The topological polar surface area (TPSA) is 88.3 Å². The van der Waals surface area contributed by atoms with Crippen LogP contribution in [-0.2, 0) is 17.8 Å². The van der Waals surface area contributed by atoms with E-state index in [1.165, 1.54) is 4.68 Å². The Hall–Kier alpha value is -1.92. The van der Waals surface area contributed by atoms with Crippen LogP contribution < -0.4 is 0 Å². The molecule has 7 heteroatoms. The third kappa shape index (κ3) is 4.04. The molecule has 0 saturated carbocycles. The van der Waals surface area contributed by atoms with Gasteiger partial charge < -0.3 is 10.0 Å². The number of carbonyl (C=O) groups excluding carboxylic acids is 1. The fourth-order valence-electron chi connectivity index (χ4n) is 1.88. The van der Waals surface area contributed by atoms with Gasteiger partial charge in [0.05, 0.1) is 5.69 Å². The lowest BCUT2D eigenvalue weighted by Crippen LogP contribution is -2.32. The summed E-state index contributed by atoms with van der Waals surface area (Å²) in [6, 6.07) is 0. The number of carboxylic acids is 1. The fourth-order valence-corrected chi connectivity index (χ4v) is 1.88. The Morgan fingerprint density at radius 2 is 2.00 bits per heavy atom. The smallest absolute Gasteiger partial charge is 0.358 e. The van der Waals surface area contributed by atoms with E-state index in [1.807, 2.05) is 6.92 Å². The van der Waals surface area contributed by atoms with Crippen molar-refractivity contribution in [2.24, 2.45) is 0 Å². The summed E-state index contributed by atoms with van der Waals surface area (Å²) in [6.45, 7) is 4.74. The van der Waals surface area contributed by atoms with E-state index in [2.05, 4.69) is 17.2 Å². The maximum atomic E-state index is 12.0. The highest BCUT2D eigenvalue weighted by atomic mass is 16.4. The van der Waals surface area contributed by atoms with Gasteiger partial charge in [0.15, 0.2) is 5.69 Å². The van der Waals surface area contributed by atoms with Crippen LogP contribution in [0.1, 0.15) is 49.3 Å². The van der Waals surface area contributed by atoms with Crippen molar-refractivity contribution in [3.63, 3.8) is 0 Å². The largest absolute Gasteiger partial charge is 0.476 e. The molecule has 1 heterocycles. The second-order valence-corrected chi connectivity index (χ2v) is 4.77. The maximum Gasteiger partial charge on any atom is 0.358 e. The number of aromatic carboxylic acids is 1. The highest BCUT2D eigenvalue weighted by Crippen LogP contribution is 2.09. The lowest BCUT2D eigenvalue weighted by atomic mass is 10.2. The minimum Gasteiger partial charge on any atom is -0.476 e. The summed E-state index contributed by atoms with van der Waals surface area (Å²) in [4.78, 5) is 24.7. The van der Waals surface area contributed by atoms with Crippen LogP contribution in [0.5, 0.6) is 0 Å². The van der Waals surface area contributed by atoms with E-state index in [1.54, 1.807) is 11.9 Å². The summed E-state index contributed by atoms with van der Waals surface area (Å²) in [5.74, 6) is -1.19. The molecule has 1 amide bonds. The Labute approximate surface area is 118 Å². The second kappa shape index (κ2) is 7.62. The minimum atomic E-state index is -1.11. The number of nitrogens with zero attached hydrogens (tertiary/aromatic N) is 4. The molecule has 0 saturated heterocycles. The van der Waals surface area contributed by atoms with Gasteiger partial charge in [-0.3, -0.25) is 4.79 Å². The van der Waals surface area contributed by atoms with Crippen molar-refractivity contribution in [1.29, 1.82) is 0 Å². The molecule has 0 radical (unpaired) electrons. The first-order valence-corrected chi connectivity index (χ1v) is 6.90. The normalized spacial score (nSPS) is 10.6. The zero-order chi connectivity index (χ0) is 15.1. The van der Waals surface area contributed by atoms with Crippen molar-refractivity contribution in [3.8, 4) is 0 Å². The van der Waals surface area contributed by atoms with Crippen LogP contribution in [0, 0.1) is 0 Å². The molecular formula is C13H22N4O3. The lowest BCUT2D eigenvalue weighted by Gasteiger charge is -2.17. The average molecular weight is 282 g/mol. The van der Waals surface area contributed by atoms with Crippen LogP contribution in [0.25, 0.3) is 0 Å². The van der Waals surface area contributed by atoms with Crippen molar-refractivity contribution >= 4 is 11.9 Å². The number of amides is 1. The molecule has 0 aliphatic carbocycles. The molecular weight excluding hydrogens is 260 g/mol. The van der Waals surface area contributed by atoms with Gasteiger partial charge in [-0.25, -0.2) is 9.48 Å². The molecule has 20 heavy (non-hydrogen) atoms. The summed E-state index contributed by atoms with van der Waals surface area (Å²) in [5, 5.41) is 16.5. The predicted molar refractivity (Wildman–Crippen MR) is 73.5 cm³/mol. The number of likely N-dealkylation sites (N-methyl/N-ethyl adjacent to an activating group) is 1. The number of unbranched alkanes of at least 4 members (excludes halogenated alkanes) is 1. The molecule has 0 unspecified atom stereocenters. The molecule has 1 aromatic rings. The van der Waals surface area contributed by atoms with Crippen LogP contribution in [0.4, 0.5) is 0 Å². The van der Waals surface area contributed by atoms with Gasteiger partial charge in [-0.15, -0.1) is 5.10 Å². The molecule has 0 bridgehead atoms. The van der Waals surface area contributed by atoms with E-state index in [9.17, 15) is 9.59 Å². The molecule has 1 rings (SSSR count). The molecule has 0 fully saturated rings. The Morgan fingerprint density at radius 3 is 2.55 bits per heavy atom. The van der Waals surface area contributed by atoms with Gasteiger partial charge >= 0.3 is 5.97 Å². The molecule has 7 nitrogen and oxygen atoms in total. The molecule has 0 spiro atoms. The zero-order valence-corrected chi connectivity index (χ0v) is 12.3. The van der Waals surface area contributed by atoms with E-state index in [0.717, 1.165) is 19.3 Å². The number of hydrogen-bond donors (Lipinski definition) is 1. The molecule has 0 aliphatic heterocycles. The molecule has 0 atom stereocenters. The summed E-state index contributed by atoms with van der Waals surface area (Å²) < 4.78 is 1.40. The van der Waals surface area contributed by atoms with Crippen LogP contribution in [0.3, 0.4) is 0 Å². The van der Waals surface area contributed by atoms with Gasteiger partial charge in [0.1, 0.15) is 6.54 Å². The average Bonchev–Trinajstić information content (AvgIpc) is 2.79. The first-order chi connectivity index (χ1) is 9.51. The lowest BCUT2D eigenvalue weighted by molar-refractivity contribution is -0.130. The van der Waals surface area contributed by atoms with Crippen LogP contribution >= 0.6 is 0 Å². The maximum absolute atomic E-state index is 12.0. The molecule has 112 valence electrons. The van der Waals surface area contributed by atoms with Crippen molar-refractivity contribution in [2.45, 2.75) is 46.1 Å². The highest BCUT2D eigenvalue weighted by Gasteiger charge is 2.20. The number of carbonyl (C=O) groups is 2. The molecule has 1 N–H and O–H groups in total. The van der Waals surface area contributed by atoms with E-state index < -0.39 is 5.97 Å². The predicted octanol–water partition coefficient (Wildman–Crippen LogP) is 1.19. The highest BCUT2D eigenvalue weighted by molar-refractivity contribution is 5.86. The van der Waals surface area contributed by atoms with Crippen molar-refractivity contribution < 1.29 is 14.7 Å². The Morgan fingerprint density at radius 1 is 1.30 bits per heavy atom. The first kappa shape index (κ1) is 16.1. The Balaban J connectivity index is 2.81. The van der Waals surface area contributed by atoms with Crippen molar-refractivity contribution in [2.75, 3.05) is 13.6 Å². The summed E-state index contributed by atoms with van der Waals surface area (Å²) in [6.07, 6.45) is 3.28. The monoisotopic (exact) mass is 282 g/mol. The standard InChI is InChI=1S/C13H22N4O3/c1-4-6-8-16(3)11(18)9-17-10(7-5-2)12(13(19)20)14-15-17/h4-9H2,1-3H3,(H,19,20). The molecule has 1 aromatic heterocycles. The summed E-state index contributed by atoms with van der Waals surface area (Å²) >= 11 is 0. The van der Waals surface area contributed by atoms with Gasteiger partial charge in [0.2, 0.25) is 5.91 Å². The second-order valence-electron chi connectivity index (χ2n) is 4.77. The van der Waals surface area contributed by atoms with Gasteiger partial charge in [0.25, 0.3) is 0 Å². The van der Waals surface area contributed by atoms with Crippen LogP contribution in [0.2, 0.25) is 0 Å². The number of hydrogen-bond acceptors (Lipinski definition) is 4. The van der Waals surface area contributed by atoms with Crippen molar-refractivity contribution in [1.82, 2.24) is 19.9 Å². The third-order valence-corrected chi connectivity index (χ3v) is 3.08. The van der Waals surface area contributed by atoms with E-state index in [-0.39, 0.29) is 18.1 Å². The zero-order valence-electron chi connectivity index (χ0n) is 12.3. The fraction of sp³-hybridized carbons (Fsp3) is 0.692. The summed E-state index contributed by atoms with van der Waals surface area (Å²) in [5.41, 5.74) is 0.452. The molecule has 0 aliphatic rings. The number of aromatic nitrogens is 3. The van der Waals surface area contributed by atoms with Gasteiger partial charge in [-0.2, -0.15) is 0 Å². The van der Waals surface area contributed by atoms with E-state index in [4.69, 9.17) is 5.11 Å². The van der Waals surface area contributed by atoms with E-state index >= 15 is 0 Å². The van der Waals surface area contributed by atoms with Gasteiger partial charge in [-0.05, 0) is 12.8 Å². The Kier molecular flexibility index (Phi) is 6.14. The van der Waals surface area contributed by atoms with E-state index in [0.29, 0.717) is 18.7 Å². The number of rotatable bonds is 8. The number of carboxylic acid groups (broad SMARTS) is 1. The van der Waals surface area contributed by atoms with Crippen LogP contribution in [-0.4, -0.2) is 50.5 Å². The SMILES string of the molecule is CCCCN(C)C(=O)Cn1nnc(C(=O)O)c1CCC. The Bertz CT molecular complexity index is 470. The van der Waals surface area contributed by atoms with Gasteiger partial charge in [0, 0.05) is 13.6 Å². The van der Waals surface area contributed by atoms with Crippen molar-refractivity contribution in [3.05, 3.63) is 11.4 Å². The first-order valence-electron chi connectivity index (χ1n) is 6.90. The van der Waals surface area contributed by atoms with Crippen LogP contribution in [0.15, 0.2) is 0 Å². The minimum absolute atomic E-state index is 0.0375. The third-order valence-electron chi connectivity index (χ3n) is 3.08. The van der Waals surface area contributed by atoms with Gasteiger partial charge in [-0.1, -0.05) is 31.9 Å². The summed E-state index contributed by atoms with van der Waals surface area (Å²) in [7, 11) is 1.74. The molecule has 0 aromatic carbocycles.